The van der Waals surface area contributed by atoms with Crippen molar-refractivity contribution in [3.8, 4) is 0 Å². The zero-order valence-corrected chi connectivity index (χ0v) is 15.0. The van der Waals surface area contributed by atoms with Gasteiger partial charge in [0.1, 0.15) is 0 Å². The number of aliphatic hydroxyl groups excluding tert-OH is 1. The van der Waals surface area contributed by atoms with Crippen LogP contribution in [0.5, 0.6) is 0 Å². The summed E-state index contributed by atoms with van der Waals surface area (Å²) in [5.41, 5.74) is 1.65. The Hall–Kier alpha value is -0.860. The molecule has 126 valence electrons. The Bertz CT molecular complexity index is 441. The van der Waals surface area contributed by atoms with E-state index in [2.05, 4.69) is 46.1 Å². The SMILES string of the molecule is C=C[C@@]1(C)CCC(/C(C)=C/C[C@@H](O)C(C)(C)O)CC1C(=C)C. The molecule has 0 aromatic carbocycles. The van der Waals surface area contributed by atoms with Crippen LogP contribution < -0.4 is 0 Å². The third kappa shape index (κ3) is 4.57. The molecule has 0 bridgehead atoms. The molecule has 0 aromatic rings. The number of rotatable bonds is 6. The number of allylic oxidation sites excluding steroid dienone is 3. The van der Waals surface area contributed by atoms with E-state index in [-0.39, 0.29) is 5.41 Å². The summed E-state index contributed by atoms with van der Waals surface area (Å²) in [5, 5.41) is 19.8. The van der Waals surface area contributed by atoms with Gasteiger partial charge in [0.2, 0.25) is 0 Å². The maximum absolute atomic E-state index is 9.97. The van der Waals surface area contributed by atoms with Crippen molar-refractivity contribution in [1.82, 2.24) is 0 Å². The van der Waals surface area contributed by atoms with E-state index in [1.807, 2.05) is 0 Å². The van der Waals surface area contributed by atoms with Crippen LogP contribution in [-0.2, 0) is 0 Å². The molecule has 0 amide bonds. The second kappa shape index (κ2) is 7.14. The molecule has 1 aliphatic carbocycles. The van der Waals surface area contributed by atoms with Crippen molar-refractivity contribution < 1.29 is 10.2 Å². The van der Waals surface area contributed by atoms with E-state index in [1.165, 1.54) is 11.1 Å². The summed E-state index contributed by atoms with van der Waals surface area (Å²) in [7, 11) is 0. The van der Waals surface area contributed by atoms with Gasteiger partial charge in [-0.2, -0.15) is 0 Å². The van der Waals surface area contributed by atoms with E-state index in [9.17, 15) is 10.2 Å². The molecule has 1 aliphatic rings. The standard InChI is InChI=1S/C20H34O2/c1-8-20(7)12-11-16(13-17(20)14(2)3)15(4)9-10-18(21)19(5,6)22/h8-9,16-18,21-22H,1-2,10-13H2,3-7H3/b15-9+/t16?,17?,18-,20+/m1/s1. The second-order valence-corrected chi connectivity index (χ2v) is 7.93. The molecule has 2 heteroatoms. The Morgan fingerprint density at radius 3 is 2.45 bits per heavy atom. The Balaban J connectivity index is 2.78. The lowest BCUT2D eigenvalue weighted by Gasteiger charge is -2.43. The van der Waals surface area contributed by atoms with Crippen LogP contribution >= 0.6 is 0 Å². The number of hydrogen-bond donors (Lipinski definition) is 2. The van der Waals surface area contributed by atoms with Crippen LogP contribution in [0.3, 0.4) is 0 Å². The highest BCUT2D eigenvalue weighted by molar-refractivity contribution is 5.16. The molecule has 0 aromatic heterocycles. The molecule has 2 unspecified atom stereocenters. The molecule has 0 spiro atoms. The molecule has 0 radical (unpaired) electrons. The second-order valence-electron chi connectivity index (χ2n) is 7.93. The van der Waals surface area contributed by atoms with E-state index in [0.717, 1.165) is 19.3 Å². The fourth-order valence-electron chi connectivity index (χ4n) is 3.51. The molecule has 1 rings (SSSR count). The van der Waals surface area contributed by atoms with Crippen molar-refractivity contribution in [3.63, 3.8) is 0 Å². The predicted molar refractivity (Wildman–Crippen MR) is 94.6 cm³/mol. The van der Waals surface area contributed by atoms with Gasteiger partial charge in [0.05, 0.1) is 11.7 Å². The summed E-state index contributed by atoms with van der Waals surface area (Å²) >= 11 is 0. The average Bonchev–Trinajstić information content (AvgIpc) is 2.43. The van der Waals surface area contributed by atoms with Gasteiger partial charge in [-0.1, -0.05) is 36.8 Å². The third-order valence-electron chi connectivity index (χ3n) is 5.53. The Morgan fingerprint density at radius 2 is 2.00 bits per heavy atom. The molecular weight excluding hydrogens is 272 g/mol. The highest BCUT2D eigenvalue weighted by Crippen LogP contribution is 2.48. The van der Waals surface area contributed by atoms with Crippen LogP contribution in [0.4, 0.5) is 0 Å². The molecule has 0 aliphatic heterocycles. The van der Waals surface area contributed by atoms with Crippen molar-refractivity contribution >= 4 is 0 Å². The van der Waals surface area contributed by atoms with Crippen LogP contribution in [0, 0.1) is 17.3 Å². The normalized spacial score (nSPS) is 31.7. The van der Waals surface area contributed by atoms with E-state index >= 15 is 0 Å². The first-order valence-electron chi connectivity index (χ1n) is 8.37. The maximum Gasteiger partial charge on any atom is 0.0856 e. The van der Waals surface area contributed by atoms with Gasteiger partial charge in [0, 0.05) is 0 Å². The van der Waals surface area contributed by atoms with E-state index < -0.39 is 11.7 Å². The first-order chi connectivity index (χ1) is 10.0. The van der Waals surface area contributed by atoms with Crippen molar-refractivity contribution in [1.29, 1.82) is 0 Å². The van der Waals surface area contributed by atoms with Crippen molar-refractivity contribution in [2.75, 3.05) is 0 Å². The fourth-order valence-corrected chi connectivity index (χ4v) is 3.51. The van der Waals surface area contributed by atoms with Crippen LogP contribution in [0.15, 0.2) is 36.5 Å². The van der Waals surface area contributed by atoms with Gasteiger partial charge in [0.25, 0.3) is 0 Å². The van der Waals surface area contributed by atoms with E-state index in [1.54, 1.807) is 13.8 Å². The van der Waals surface area contributed by atoms with Gasteiger partial charge in [-0.05, 0) is 70.6 Å². The summed E-state index contributed by atoms with van der Waals surface area (Å²) in [6.45, 7) is 18.1. The van der Waals surface area contributed by atoms with Gasteiger partial charge >= 0.3 is 0 Å². The van der Waals surface area contributed by atoms with Gasteiger partial charge in [0.15, 0.2) is 0 Å². The minimum Gasteiger partial charge on any atom is -0.390 e. The lowest BCUT2D eigenvalue weighted by molar-refractivity contribution is -0.0457. The van der Waals surface area contributed by atoms with Crippen LogP contribution in [-0.4, -0.2) is 21.9 Å². The molecule has 22 heavy (non-hydrogen) atoms. The largest absolute Gasteiger partial charge is 0.390 e. The van der Waals surface area contributed by atoms with Gasteiger partial charge in [-0.15, -0.1) is 6.58 Å². The molecule has 0 saturated heterocycles. The third-order valence-corrected chi connectivity index (χ3v) is 5.53. The predicted octanol–water partition coefficient (Wildman–Crippen LogP) is 4.64. The fraction of sp³-hybridized carbons (Fsp3) is 0.700. The number of hydrogen-bond acceptors (Lipinski definition) is 2. The van der Waals surface area contributed by atoms with E-state index in [4.69, 9.17) is 0 Å². The molecule has 4 atom stereocenters. The quantitative estimate of drug-likeness (QED) is 0.702. The lowest BCUT2D eigenvalue weighted by Crippen LogP contribution is -2.35. The van der Waals surface area contributed by atoms with Crippen molar-refractivity contribution in [2.24, 2.45) is 17.3 Å². The minimum absolute atomic E-state index is 0.148. The van der Waals surface area contributed by atoms with Crippen molar-refractivity contribution in [2.45, 2.75) is 72.0 Å². The molecule has 0 heterocycles. The van der Waals surface area contributed by atoms with Crippen LogP contribution in [0.25, 0.3) is 0 Å². The average molecular weight is 306 g/mol. The highest BCUT2D eigenvalue weighted by atomic mass is 16.3. The topological polar surface area (TPSA) is 40.5 Å². The zero-order chi connectivity index (χ0) is 17.1. The first-order valence-corrected chi connectivity index (χ1v) is 8.37. The zero-order valence-electron chi connectivity index (χ0n) is 15.0. The summed E-state index contributed by atoms with van der Waals surface area (Å²) in [5.74, 6) is 0.995. The molecular formula is C20H34O2. The van der Waals surface area contributed by atoms with Crippen LogP contribution in [0.2, 0.25) is 0 Å². The van der Waals surface area contributed by atoms with Gasteiger partial charge in [-0.25, -0.2) is 0 Å². The molecule has 2 nitrogen and oxygen atoms in total. The Labute approximate surface area is 136 Å². The smallest absolute Gasteiger partial charge is 0.0856 e. The van der Waals surface area contributed by atoms with E-state index in [0.29, 0.717) is 18.3 Å². The molecule has 1 saturated carbocycles. The summed E-state index contributed by atoms with van der Waals surface area (Å²) in [6, 6.07) is 0. The Kier molecular flexibility index (Phi) is 6.23. The van der Waals surface area contributed by atoms with Crippen LogP contribution in [0.1, 0.15) is 60.3 Å². The lowest BCUT2D eigenvalue weighted by atomic mass is 9.61. The van der Waals surface area contributed by atoms with Crippen molar-refractivity contribution in [3.05, 3.63) is 36.5 Å². The summed E-state index contributed by atoms with van der Waals surface area (Å²) < 4.78 is 0. The Morgan fingerprint density at radius 1 is 1.41 bits per heavy atom. The minimum atomic E-state index is -1.05. The molecule has 2 N–H and O–H groups in total. The monoisotopic (exact) mass is 306 g/mol. The van der Waals surface area contributed by atoms with Gasteiger partial charge in [-0.3, -0.25) is 0 Å². The first kappa shape index (κ1) is 19.2. The number of aliphatic hydroxyl groups is 2. The summed E-state index contributed by atoms with van der Waals surface area (Å²) in [6.07, 6.45) is 7.34. The highest BCUT2D eigenvalue weighted by Gasteiger charge is 2.38. The summed E-state index contributed by atoms with van der Waals surface area (Å²) in [4.78, 5) is 0. The molecule has 1 fully saturated rings. The maximum atomic E-state index is 9.97. The van der Waals surface area contributed by atoms with Gasteiger partial charge < -0.3 is 10.2 Å².